The van der Waals surface area contributed by atoms with Gasteiger partial charge >= 0.3 is 12.2 Å². The van der Waals surface area contributed by atoms with Gasteiger partial charge in [-0.3, -0.25) is 4.79 Å². The molecule has 0 saturated carbocycles. The zero-order valence-electron chi connectivity index (χ0n) is 16.7. The van der Waals surface area contributed by atoms with E-state index in [9.17, 15) is 22.8 Å². The summed E-state index contributed by atoms with van der Waals surface area (Å²) < 4.78 is 38.5. The van der Waals surface area contributed by atoms with Gasteiger partial charge in [0, 0.05) is 37.5 Å². The normalized spacial score (nSPS) is 19.7. The summed E-state index contributed by atoms with van der Waals surface area (Å²) in [5.41, 5.74) is -0.680. The Morgan fingerprint density at radius 2 is 2.03 bits per heavy atom. The SMILES string of the molecule is CC[C@H]1CN(C(=O)Nc2cccc(C(F)(F)F)c2)CC[C@H]1CC(=O)NCCSC. The van der Waals surface area contributed by atoms with Gasteiger partial charge in [0.2, 0.25) is 5.91 Å². The van der Waals surface area contributed by atoms with Crippen LogP contribution in [-0.2, 0) is 11.0 Å². The highest BCUT2D eigenvalue weighted by Gasteiger charge is 2.33. The highest BCUT2D eigenvalue weighted by atomic mass is 32.2. The van der Waals surface area contributed by atoms with E-state index in [1.807, 2.05) is 13.2 Å². The minimum absolute atomic E-state index is 0.0318. The first-order chi connectivity index (χ1) is 13.7. The van der Waals surface area contributed by atoms with Crippen molar-refractivity contribution in [1.29, 1.82) is 0 Å². The number of hydrogen-bond acceptors (Lipinski definition) is 3. The number of thioether (sulfide) groups is 1. The second-order valence-corrected chi connectivity index (χ2v) is 8.20. The number of halogens is 3. The molecule has 1 aliphatic rings. The minimum Gasteiger partial charge on any atom is -0.355 e. The van der Waals surface area contributed by atoms with E-state index < -0.39 is 17.8 Å². The lowest BCUT2D eigenvalue weighted by molar-refractivity contribution is -0.137. The Kier molecular flexibility index (Phi) is 8.67. The first-order valence-corrected chi connectivity index (χ1v) is 11.1. The molecule has 1 aromatic rings. The lowest BCUT2D eigenvalue weighted by Crippen LogP contribution is -2.46. The number of alkyl halides is 3. The third kappa shape index (κ3) is 7.13. The van der Waals surface area contributed by atoms with Crippen LogP contribution in [0.4, 0.5) is 23.7 Å². The molecule has 2 atom stereocenters. The van der Waals surface area contributed by atoms with E-state index in [0.29, 0.717) is 32.5 Å². The number of carbonyl (C=O) groups excluding carboxylic acids is 2. The summed E-state index contributed by atoms with van der Waals surface area (Å²) in [4.78, 5) is 26.3. The van der Waals surface area contributed by atoms with E-state index in [-0.39, 0.29) is 23.4 Å². The van der Waals surface area contributed by atoms with Crippen molar-refractivity contribution in [2.75, 3.05) is 37.0 Å². The van der Waals surface area contributed by atoms with Crippen LogP contribution in [0, 0.1) is 11.8 Å². The third-order valence-corrected chi connectivity index (χ3v) is 5.83. The summed E-state index contributed by atoms with van der Waals surface area (Å²) >= 11 is 1.67. The number of nitrogens with zero attached hydrogens (tertiary/aromatic N) is 1. The Morgan fingerprint density at radius 1 is 1.28 bits per heavy atom. The van der Waals surface area contributed by atoms with E-state index in [2.05, 4.69) is 10.6 Å². The number of nitrogens with one attached hydrogen (secondary N) is 2. The van der Waals surface area contributed by atoms with Crippen LogP contribution >= 0.6 is 11.8 Å². The van der Waals surface area contributed by atoms with Gasteiger partial charge in [0.05, 0.1) is 5.56 Å². The molecule has 1 heterocycles. The highest BCUT2D eigenvalue weighted by molar-refractivity contribution is 7.98. The lowest BCUT2D eigenvalue weighted by atomic mass is 9.81. The first kappa shape index (κ1) is 23.4. The first-order valence-electron chi connectivity index (χ1n) is 9.73. The number of rotatable bonds is 7. The summed E-state index contributed by atoms with van der Waals surface area (Å²) in [6.45, 7) is 3.64. The zero-order valence-corrected chi connectivity index (χ0v) is 17.5. The molecule has 5 nitrogen and oxygen atoms in total. The van der Waals surface area contributed by atoms with Crippen molar-refractivity contribution < 1.29 is 22.8 Å². The molecule has 0 unspecified atom stereocenters. The molecular weight excluding hydrogens is 403 g/mol. The number of carbonyl (C=O) groups is 2. The Balaban J connectivity index is 1.91. The zero-order chi connectivity index (χ0) is 21.4. The number of hydrogen-bond donors (Lipinski definition) is 2. The van der Waals surface area contributed by atoms with E-state index in [4.69, 9.17) is 0 Å². The fourth-order valence-electron chi connectivity index (χ4n) is 3.58. The number of piperidine rings is 1. The Labute approximate surface area is 173 Å². The van der Waals surface area contributed by atoms with Crippen molar-refractivity contribution in [1.82, 2.24) is 10.2 Å². The number of anilines is 1. The van der Waals surface area contributed by atoms with Gasteiger partial charge in [-0.1, -0.05) is 19.4 Å². The molecule has 2 N–H and O–H groups in total. The molecule has 2 rings (SSSR count). The molecule has 0 spiro atoms. The number of amides is 3. The minimum atomic E-state index is -4.46. The average Bonchev–Trinajstić information content (AvgIpc) is 2.68. The third-order valence-electron chi connectivity index (χ3n) is 5.22. The fraction of sp³-hybridized carbons (Fsp3) is 0.600. The quantitative estimate of drug-likeness (QED) is 0.627. The topological polar surface area (TPSA) is 61.4 Å². The van der Waals surface area contributed by atoms with Crippen LogP contribution in [0.2, 0.25) is 0 Å². The summed E-state index contributed by atoms with van der Waals surface area (Å²) in [6, 6.07) is 4.20. The maximum atomic E-state index is 12.8. The van der Waals surface area contributed by atoms with Crippen molar-refractivity contribution in [3.05, 3.63) is 29.8 Å². The van der Waals surface area contributed by atoms with Gasteiger partial charge in [0.15, 0.2) is 0 Å². The molecule has 3 amide bonds. The monoisotopic (exact) mass is 431 g/mol. The molecule has 1 aliphatic heterocycles. The standard InChI is InChI=1S/C20H28F3N3O2S/c1-3-14-13-26(9-7-15(14)11-18(27)24-8-10-29-2)19(28)25-17-6-4-5-16(12-17)20(21,22)23/h4-6,12,14-15H,3,7-11,13H2,1-2H3,(H,24,27)(H,25,28)/t14-,15-/m0/s1. The highest BCUT2D eigenvalue weighted by Crippen LogP contribution is 2.32. The Hall–Kier alpha value is -1.90. The molecule has 0 aromatic heterocycles. The van der Waals surface area contributed by atoms with E-state index in [1.165, 1.54) is 12.1 Å². The van der Waals surface area contributed by atoms with Crippen molar-refractivity contribution in [2.24, 2.45) is 11.8 Å². The van der Waals surface area contributed by atoms with Gasteiger partial charge in [-0.15, -0.1) is 0 Å². The van der Waals surface area contributed by atoms with Crippen LogP contribution in [0.25, 0.3) is 0 Å². The second-order valence-electron chi connectivity index (χ2n) is 7.22. The fourth-order valence-corrected chi connectivity index (χ4v) is 3.88. The predicted octanol–water partition coefficient (Wildman–Crippen LogP) is 4.45. The Bertz CT molecular complexity index is 700. The molecular formula is C20H28F3N3O2S. The second kappa shape index (κ2) is 10.8. The molecule has 0 bridgehead atoms. The van der Waals surface area contributed by atoms with E-state index >= 15 is 0 Å². The summed E-state index contributed by atoms with van der Waals surface area (Å²) in [6.07, 6.45) is -0.501. The Morgan fingerprint density at radius 3 is 2.69 bits per heavy atom. The smallest absolute Gasteiger partial charge is 0.355 e. The van der Waals surface area contributed by atoms with Crippen molar-refractivity contribution in [3.63, 3.8) is 0 Å². The maximum absolute atomic E-state index is 12.8. The van der Waals surface area contributed by atoms with E-state index in [0.717, 1.165) is 24.3 Å². The van der Waals surface area contributed by atoms with Crippen LogP contribution in [0.3, 0.4) is 0 Å². The molecule has 1 aromatic carbocycles. The predicted molar refractivity (Wildman–Crippen MR) is 110 cm³/mol. The van der Waals surface area contributed by atoms with Crippen LogP contribution < -0.4 is 10.6 Å². The molecule has 29 heavy (non-hydrogen) atoms. The van der Waals surface area contributed by atoms with E-state index in [1.54, 1.807) is 16.7 Å². The number of urea groups is 1. The number of likely N-dealkylation sites (tertiary alicyclic amines) is 1. The molecule has 0 aliphatic carbocycles. The summed E-state index contributed by atoms with van der Waals surface area (Å²) in [5, 5.41) is 5.48. The molecule has 1 fully saturated rings. The van der Waals surface area contributed by atoms with Crippen molar-refractivity contribution >= 4 is 29.4 Å². The average molecular weight is 432 g/mol. The van der Waals surface area contributed by atoms with Crippen LogP contribution in [0.5, 0.6) is 0 Å². The van der Waals surface area contributed by atoms with Crippen molar-refractivity contribution in [2.45, 2.75) is 32.4 Å². The van der Waals surface area contributed by atoms with Gasteiger partial charge in [0.1, 0.15) is 0 Å². The largest absolute Gasteiger partial charge is 0.416 e. The summed E-state index contributed by atoms with van der Waals surface area (Å²) in [5.74, 6) is 1.29. The molecule has 162 valence electrons. The van der Waals surface area contributed by atoms with Gasteiger partial charge in [0.25, 0.3) is 0 Å². The van der Waals surface area contributed by atoms with Crippen LogP contribution in [-0.4, -0.2) is 48.5 Å². The van der Waals surface area contributed by atoms with Gasteiger partial charge in [-0.25, -0.2) is 4.79 Å². The molecule has 1 saturated heterocycles. The van der Waals surface area contributed by atoms with Gasteiger partial charge < -0.3 is 15.5 Å². The number of benzene rings is 1. The van der Waals surface area contributed by atoms with Crippen LogP contribution in [0.15, 0.2) is 24.3 Å². The maximum Gasteiger partial charge on any atom is 0.416 e. The van der Waals surface area contributed by atoms with Crippen LogP contribution in [0.1, 0.15) is 31.7 Å². The molecule has 9 heteroatoms. The lowest BCUT2D eigenvalue weighted by Gasteiger charge is -2.38. The van der Waals surface area contributed by atoms with Gasteiger partial charge in [-0.05, 0) is 42.7 Å². The summed E-state index contributed by atoms with van der Waals surface area (Å²) in [7, 11) is 0. The van der Waals surface area contributed by atoms with Crippen molar-refractivity contribution in [3.8, 4) is 0 Å². The molecule has 0 radical (unpaired) electrons. The van der Waals surface area contributed by atoms with Gasteiger partial charge in [-0.2, -0.15) is 24.9 Å².